The van der Waals surface area contributed by atoms with Crippen molar-refractivity contribution in [2.45, 2.75) is 13.8 Å². The number of aromatic nitrogens is 6. The van der Waals surface area contributed by atoms with Gasteiger partial charge in [0.25, 0.3) is 0 Å². The molecule has 5 aromatic rings. The Bertz CT molecular complexity index is 1590. The van der Waals surface area contributed by atoms with Crippen LogP contribution in [0.2, 0.25) is 0 Å². The molecule has 8 heteroatoms. The van der Waals surface area contributed by atoms with Crippen LogP contribution in [0.25, 0.3) is 51.2 Å². The highest BCUT2D eigenvalue weighted by atomic mass is 32.1. The van der Waals surface area contributed by atoms with Crippen LogP contribution in [0.5, 0.6) is 0 Å². The molecule has 0 amide bonds. The predicted molar refractivity (Wildman–Crippen MR) is 127 cm³/mol. The molecule has 2 N–H and O–H groups in total. The van der Waals surface area contributed by atoms with Crippen LogP contribution in [0, 0.1) is 12.1 Å². The molecule has 0 bridgehead atoms. The first-order valence-corrected chi connectivity index (χ1v) is 10.7. The molecular formula is C24H19FN6S. The summed E-state index contributed by atoms with van der Waals surface area (Å²) in [5, 5.41) is 8.73. The number of fused-ring (bicyclic) bond motifs is 1. The summed E-state index contributed by atoms with van der Waals surface area (Å²) in [5.74, 6) is 0.579. The monoisotopic (exact) mass is 442 g/mol. The lowest BCUT2D eigenvalue weighted by Gasteiger charge is -2.00. The van der Waals surface area contributed by atoms with Gasteiger partial charge in [-0.05, 0) is 54.8 Å². The average molecular weight is 443 g/mol. The second-order valence-electron chi connectivity index (χ2n) is 7.50. The van der Waals surface area contributed by atoms with E-state index in [0.29, 0.717) is 17.0 Å². The second kappa shape index (κ2) is 7.97. The first-order chi connectivity index (χ1) is 15.5. The minimum atomic E-state index is -0.245. The summed E-state index contributed by atoms with van der Waals surface area (Å²) in [6.45, 7) is 8.24. The number of H-pyrrole nitrogens is 2. The van der Waals surface area contributed by atoms with Gasteiger partial charge in [0.2, 0.25) is 0 Å². The fourth-order valence-electron chi connectivity index (χ4n) is 3.47. The van der Waals surface area contributed by atoms with Crippen LogP contribution in [-0.2, 0) is 0 Å². The normalized spacial score (nSPS) is 12.7. The van der Waals surface area contributed by atoms with Crippen LogP contribution in [0.15, 0.2) is 49.1 Å². The van der Waals surface area contributed by atoms with E-state index in [1.165, 1.54) is 6.07 Å². The van der Waals surface area contributed by atoms with Crippen molar-refractivity contribution in [2.24, 2.45) is 0 Å². The number of nitrogens with one attached hydrogen (secondary N) is 2. The van der Waals surface area contributed by atoms with E-state index >= 15 is 0 Å². The third kappa shape index (κ3) is 3.65. The molecule has 0 atom stereocenters. The molecule has 158 valence electrons. The fraction of sp³-hybridized carbons (Fsp3) is 0.0833. The molecule has 0 aliphatic carbocycles. The van der Waals surface area contributed by atoms with Crippen molar-refractivity contribution in [3.63, 3.8) is 0 Å². The topological polar surface area (TPSA) is 83.1 Å². The van der Waals surface area contributed by atoms with Crippen molar-refractivity contribution >= 4 is 40.6 Å². The number of pyridine rings is 2. The molecular weight excluding hydrogens is 423 g/mol. The lowest BCUT2D eigenvalue weighted by Crippen LogP contribution is -2.21. The van der Waals surface area contributed by atoms with Crippen molar-refractivity contribution in [3.05, 3.63) is 75.9 Å². The number of hydrogen-bond donors (Lipinski definition) is 2. The van der Waals surface area contributed by atoms with Gasteiger partial charge in [0.15, 0.2) is 11.0 Å². The number of aryl methyl sites for hydroxylation is 1. The van der Waals surface area contributed by atoms with Crippen LogP contribution in [0.4, 0.5) is 4.39 Å². The van der Waals surface area contributed by atoms with Gasteiger partial charge < -0.3 is 4.98 Å². The standard InChI is InChI=1S/C24H19FN6S/c1-13-8-16(10-26-9-13)14(2)4-5-18-15(3)22(31-30-18)24-28-19-12-27-11-17(23(19)29-24)20-6-7-21(25)32-20/h4-12,30H,3H2,1-2H3,(H,28,29)/b14-4+,18-5+. The number of imidazole rings is 1. The summed E-state index contributed by atoms with van der Waals surface area (Å²) in [7, 11) is 0. The van der Waals surface area contributed by atoms with Crippen molar-refractivity contribution in [2.75, 3.05) is 0 Å². The summed E-state index contributed by atoms with van der Waals surface area (Å²) in [5.41, 5.74) is 6.12. The summed E-state index contributed by atoms with van der Waals surface area (Å²) in [4.78, 5) is 17.3. The third-order valence-electron chi connectivity index (χ3n) is 5.19. The van der Waals surface area contributed by atoms with Crippen molar-refractivity contribution in [1.29, 1.82) is 0 Å². The van der Waals surface area contributed by atoms with Gasteiger partial charge in [-0.1, -0.05) is 12.7 Å². The molecule has 0 saturated heterocycles. The van der Waals surface area contributed by atoms with Gasteiger partial charge in [0.05, 0.1) is 17.1 Å². The molecule has 32 heavy (non-hydrogen) atoms. The van der Waals surface area contributed by atoms with E-state index in [0.717, 1.165) is 54.6 Å². The highest BCUT2D eigenvalue weighted by molar-refractivity contribution is 7.14. The SMILES string of the molecule is C=c1c(-c2nc3c(-c4ccc(F)s4)cncc3[nH]2)n[nH]/c1=C/C=C(\C)c1cncc(C)c1. The largest absolute Gasteiger partial charge is 0.335 e. The van der Waals surface area contributed by atoms with E-state index in [1.807, 2.05) is 38.4 Å². The number of nitrogens with zero attached hydrogens (tertiary/aromatic N) is 4. The fourth-order valence-corrected chi connectivity index (χ4v) is 4.21. The van der Waals surface area contributed by atoms with Crippen molar-refractivity contribution < 1.29 is 4.39 Å². The van der Waals surface area contributed by atoms with E-state index in [4.69, 9.17) is 4.98 Å². The lowest BCUT2D eigenvalue weighted by atomic mass is 10.1. The maximum atomic E-state index is 13.5. The quantitative estimate of drug-likeness (QED) is 0.437. The zero-order chi connectivity index (χ0) is 22.2. The Hall–Kier alpha value is -3.91. The molecule has 0 aromatic carbocycles. The van der Waals surface area contributed by atoms with Crippen LogP contribution >= 0.6 is 11.3 Å². The second-order valence-corrected chi connectivity index (χ2v) is 8.54. The minimum Gasteiger partial charge on any atom is -0.335 e. The Morgan fingerprint density at radius 2 is 2.00 bits per heavy atom. The maximum absolute atomic E-state index is 13.5. The van der Waals surface area contributed by atoms with Gasteiger partial charge in [-0.15, -0.1) is 11.3 Å². The van der Waals surface area contributed by atoms with Gasteiger partial charge in [-0.25, -0.2) is 4.98 Å². The number of thiophene rings is 1. The van der Waals surface area contributed by atoms with Gasteiger partial charge >= 0.3 is 0 Å². The van der Waals surface area contributed by atoms with E-state index in [2.05, 4.69) is 37.8 Å². The van der Waals surface area contributed by atoms with E-state index in [9.17, 15) is 4.39 Å². The maximum Gasteiger partial charge on any atom is 0.176 e. The molecule has 0 aliphatic heterocycles. The summed E-state index contributed by atoms with van der Waals surface area (Å²) in [6.07, 6.45) is 11.0. The highest BCUT2D eigenvalue weighted by Crippen LogP contribution is 2.32. The number of halogens is 1. The van der Waals surface area contributed by atoms with Gasteiger partial charge in [0, 0.05) is 34.2 Å². The lowest BCUT2D eigenvalue weighted by molar-refractivity contribution is 0.657. The zero-order valence-corrected chi connectivity index (χ0v) is 18.3. The van der Waals surface area contributed by atoms with Crippen LogP contribution in [-0.4, -0.2) is 30.1 Å². The Balaban J connectivity index is 1.54. The molecule has 0 aliphatic rings. The van der Waals surface area contributed by atoms with E-state index < -0.39 is 0 Å². The smallest absolute Gasteiger partial charge is 0.176 e. The highest BCUT2D eigenvalue weighted by Gasteiger charge is 2.14. The first-order valence-electron chi connectivity index (χ1n) is 9.93. The first kappa shape index (κ1) is 20.0. The summed E-state index contributed by atoms with van der Waals surface area (Å²) in [6, 6.07) is 5.27. The van der Waals surface area contributed by atoms with Gasteiger partial charge in [-0.3, -0.25) is 15.1 Å². The summed E-state index contributed by atoms with van der Waals surface area (Å²) < 4.78 is 13.5. The van der Waals surface area contributed by atoms with Crippen LogP contribution < -0.4 is 10.6 Å². The Morgan fingerprint density at radius 3 is 2.78 bits per heavy atom. The molecule has 5 heterocycles. The molecule has 5 rings (SSSR count). The summed E-state index contributed by atoms with van der Waals surface area (Å²) >= 11 is 1.07. The molecule has 5 aromatic heterocycles. The van der Waals surface area contributed by atoms with Crippen molar-refractivity contribution in [1.82, 2.24) is 30.1 Å². The van der Waals surface area contributed by atoms with Gasteiger partial charge in [0.1, 0.15) is 11.2 Å². The van der Waals surface area contributed by atoms with E-state index in [1.54, 1.807) is 18.5 Å². The molecule has 0 fully saturated rings. The average Bonchev–Trinajstić information content (AvgIpc) is 3.49. The Morgan fingerprint density at radius 1 is 1.16 bits per heavy atom. The molecule has 0 spiro atoms. The Kier molecular flexibility index (Phi) is 4.99. The molecule has 0 radical (unpaired) electrons. The number of aromatic amines is 2. The van der Waals surface area contributed by atoms with Gasteiger partial charge in [-0.2, -0.15) is 9.49 Å². The zero-order valence-electron chi connectivity index (χ0n) is 17.5. The molecule has 0 unspecified atom stereocenters. The number of allylic oxidation sites excluding steroid dienone is 2. The predicted octanol–water partition coefficient (Wildman–Crippen LogP) is 4.21. The van der Waals surface area contributed by atoms with Crippen molar-refractivity contribution in [3.8, 4) is 22.0 Å². The Labute approximate surface area is 186 Å². The molecule has 6 nitrogen and oxygen atoms in total. The molecule has 0 saturated carbocycles. The number of hydrogen-bond acceptors (Lipinski definition) is 5. The van der Waals surface area contributed by atoms with Crippen LogP contribution in [0.1, 0.15) is 18.1 Å². The number of rotatable bonds is 4. The van der Waals surface area contributed by atoms with Crippen LogP contribution in [0.3, 0.4) is 0 Å². The third-order valence-corrected chi connectivity index (χ3v) is 6.09. The minimum absolute atomic E-state index is 0.245. The van der Waals surface area contributed by atoms with E-state index in [-0.39, 0.29) is 5.13 Å².